The van der Waals surface area contributed by atoms with Crippen LogP contribution in [0.15, 0.2) is 6.20 Å². The molecule has 3 heterocycles. The van der Waals surface area contributed by atoms with Crippen molar-refractivity contribution in [2.24, 2.45) is 22.7 Å². The van der Waals surface area contributed by atoms with Gasteiger partial charge in [0.2, 0.25) is 11.8 Å². The molecule has 196 valence electrons. The number of hydrogen-bond donors (Lipinski definition) is 2. The molecule has 36 heavy (non-hydrogen) atoms. The first-order chi connectivity index (χ1) is 16.6. The van der Waals surface area contributed by atoms with Gasteiger partial charge in [-0.1, -0.05) is 34.6 Å². The SMILES string of the molecule is CC(C)(C)[C@H](NC(=O)C(F)(F)F)C(=O)N1C[C@H]2[C@@H]([C@H]1C(=O)NC(C#N)c1cnn3c1CCC3)C2(C)C. The largest absolute Gasteiger partial charge is 0.471 e. The number of carbonyl (C=O) groups excluding carboxylic acids is 3. The maximum absolute atomic E-state index is 13.6. The number of aryl methyl sites for hydroxylation is 1. The molecule has 1 aromatic heterocycles. The number of likely N-dealkylation sites (tertiary alicyclic amines) is 1. The Bertz CT molecular complexity index is 1130. The molecule has 0 radical (unpaired) electrons. The molecule has 0 bridgehead atoms. The van der Waals surface area contributed by atoms with Crippen LogP contribution in [0.4, 0.5) is 13.2 Å². The summed E-state index contributed by atoms with van der Waals surface area (Å²) in [5, 5.41) is 18.7. The minimum absolute atomic E-state index is 0.0166. The first-order valence-corrected chi connectivity index (χ1v) is 12.0. The Hall–Kier alpha value is -3.10. The molecular formula is C24H31F3N6O3. The Morgan fingerprint density at radius 3 is 2.47 bits per heavy atom. The highest BCUT2D eigenvalue weighted by Crippen LogP contribution is 2.65. The van der Waals surface area contributed by atoms with Crippen molar-refractivity contribution >= 4 is 17.7 Å². The van der Waals surface area contributed by atoms with Crippen molar-refractivity contribution in [2.75, 3.05) is 6.54 Å². The number of amides is 3. The molecule has 3 amide bonds. The number of halogens is 3. The van der Waals surface area contributed by atoms with Gasteiger partial charge in [-0.05, 0) is 35.5 Å². The average molecular weight is 509 g/mol. The third-order valence-corrected chi connectivity index (χ3v) is 7.90. The van der Waals surface area contributed by atoms with Gasteiger partial charge < -0.3 is 15.5 Å². The van der Waals surface area contributed by atoms with Crippen molar-refractivity contribution in [2.45, 2.75) is 78.3 Å². The van der Waals surface area contributed by atoms with Crippen LogP contribution in [0.1, 0.15) is 58.3 Å². The van der Waals surface area contributed by atoms with Crippen LogP contribution in [0, 0.1) is 34.0 Å². The summed E-state index contributed by atoms with van der Waals surface area (Å²) in [5.74, 6) is -3.72. The highest BCUT2D eigenvalue weighted by atomic mass is 19.4. The molecule has 1 unspecified atom stereocenters. The summed E-state index contributed by atoms with van der Waals surface area (Å²) in [6, 6.07) is -1.33. The van der Waals surface area contributed by atoms with E-state index in [9.17, 15) is 32.8 Å². The molecule has 9 nitrogen and oxygen atoms in total. The number of hydrogen-bond acceptors (Lipinski definition) is 5. The molecule has 5 atom stereocenters. The van der Waals surface area contributed by atoms with Crippen molar-refractivity contribution in [1.82, 2.24) is 25.3 Å². The summed E-state index contributed by atoms with van der Waals surface area (Å²) >= 11 is 0. The topological polar surface area (TPSA) is 120 Å². The number of piperidine rings is 1. The van der Waals surface area contributed by atoms with Crippen molar-refractivity contribution < 1.29 is 27.6 Å². The molecule has 1 aromatic rings. The van der Waals surface area contributed by atoms with Gasteiger partial charge in [0.05, 0.1) is 12.3 Å². The van der Waals surface area contributed by atoms with Crippen LogP contribution in [-0.4, -0.2) is 57.2 Å². The number of fused-ring (bicyclic) bond motifs is 2. The van der Waals surface area contributed by atoms with E-state index >= 15 is 0 Å². The lowest BCUT2D eigenvalue weighted by Crippen LogP contribution is -2.60. The molecule has 2 aliphatic heterocycles. The number of aromatic nitrogens is 2. The molecule has 1 saturated carbocycles. The second-order valence-corrected chi connectivity index (χ2v) is 11.6. The summed E-state index contributed by atoms with van der Waals surface area (Å²) in [6.07, 6.45) is -1.96. The Morgan fingerprint density at radius 1 is 1.22 bits per heavy atom. The number of alkyl halides is 3. The van der Waals surface area contributed by atoms with Crippen LogP contribution in [0.5, 0.6) is 0 Å². The van der Waals surface area contributed by atoms with Gasteiger partial charge in [0.25, 0.3) is 0 Å². The molecule has 3 aliphatic rings. The summed E-state index contributed by atoms with van der Waals surface area (Å²) in [4.78, 5) is 40.1. The first-order valence-electron chi connectivity index (χ1n) is 12.0. The lowest BCUT2D eigenvalue weighted by molar-refractivity contribution is -0.176. The molecule has 0 aromatic carbocycles. The molecule has 0 spiro atoms. The Morgan fingerprint density at radius 2 is 1.89 bits per heavy atom. The zero-order valence-electron chi connectivity index (χ0n) is 20.9. The van der Waals surface area contributed by atoms with Crippen molar-refractivity contribution in [3.63, 3.8) is 0 Å². The minimum Gasteiger partial charge on any atom is -0.336 e. The molecule has 1 aliphatic carbocycles. The zero-order valence-corrected chi connectivity index (χ0v) is 20.9. The molecular weight excluding hydrogens is 477 g/mol. The van der Waals surface area contributed by atoms with E-state index in [1.807, 2.05) is 19.2 Å². The quantitative estimate of drug-likeness (QED) is 0.631. The normalized spacial score (nSPS) is 25.9. The van der Waals surface area contributed by atoms with Crippen molar-refractivity contribution in [3.8, 4) is 6.07 Å². The second-order valence-electron chi connectivity index (χ2n) is 11.6. The van der Waals surface area contributed by atoms with Gasteiger partial charge in [0.15, 0.2) is 0 Å². The predicted octanol–water partition coefficient (Wildman–Crippen LogP) is 2.09. The van der Waals surface area contributed by atoms with Crippen LogP contribution in [0.25, 0.3) is 0 Å². The monoisotopic (exact) mass is 508 g/mol. The van der Waals surface area contributed by atoms with E-state index in [-0.39, 0.29) is 23.8 Å². The number of nitrogens with zero attached hydrogens (tertiary/aromatic N) is 4. The van der Waals surface area contributed by atoms with Gasteiger partial charge in [0.1, 0.15) is 18.1 Å². The zero-order chi connectivity index (χ0) is 26.8. The van der Waals surface area contributed by atoms with Gasteiger partial charge in [-0.25, -0.2) is 0 Å². The van der Waals surface area contributed by atoms with E-state index < -0.39 is 47.4 Å². The van der Waals surface area contributed by atoms with E-state index in [1.165, 1.54) is 4.90 Å². The Balaban J connectivity index is 1.59. The van der Waals surface area contributed by atoms with Gasteiger partial charge >= 0.3 is 12.1 Å². The first kappa shape index (κ1) is 26.0. The van der Waals surface area contributed by atoms with E-state index in [0.29, 0.717) is 5.56 Å². The fourth-order valence-corrected chi connectivity index (χ4v) is 5.78. The fourth-order valence-electron chi connectivity index (χ4n) is 5.78. The molecule has 4 rings (SSSR count). The van der Waals surface area contributed by atoms with Crippen molar-refractivity contribution in [3.05, 3.63) is 17.5 Å². The van der Waals surface area contributed by atoms with Crippen LogP contribution in [0.3, 0.4) is 0 Å². The number of carbonyl (C=O) groups is 3. The van der Waals surface area contributed by atoms with E-state index in [2.05, 4.69) is 16.5 Å². The standard InChI is InChI=1S/C24H31F3N6O3/c1-22(2,3)18(31-21(36)24(25,26)27)20(35)32-11-13-16(23(13,4)5)17(32)19(34)30-14(9-28)12-10-29-33-8-6-7-15(12)33/h10,13-14,16-18H,6-8,11H2,1-5H3,(H,30,34)(H,31,36)/t13-,14?,16-,17-,18+/m0/s1. The highest BCUT2D eigenvalue weighted by Gasteiger charge is 2.70. The summed E-state index contributed by atoms with van der Waals surface area (Å²) in [6.45, 7) is 9.52. The van der Waals surface area contributed by atoms with E-state index in [0.717, 1.165) is 25.1 Å². The van der Waals surface area contributed by atoms with E-state index in [4.69, 9.17) is 0 Å². The molecule has 12 heteroatoms. The lowest BCUT2D eigenvalue weighted by atomic mass is 9.85. The Labute approximate surface area is 207 Å². The van der Waals surface area contributed by atoms with Crippen LogP contribution in [-0.2, 0) is 27.3 Å². The number of rotatable bonds is 5. The van der Waals surface area contributed by atoms with E-state index in [1.54, 1.807) is 31.6 Å². The highest BCUT2D eigenvalue weighted by molar-refractivity contribution is 5.95. The Kier molecular flexibility index (Phi) is 6.13. The van der Waals surface area contributed by atoms with Crippen LogP contribution >= 0.6 is 0 Å². The molecule has 2 fully saturated rings. The summed E-state index contributed by atoms with van der Waals surface area (Å²) in [5.41, 5.74) is 0.200. The number of nitrogens with one attached hydrogen (secondary N) is 2. The maximum atomic E-state index is 13.6. The fraction of sp³-hybridized carbons (Fsp3) is 0.708. The van der Waals surface area contributed by atoms with Crippen LogP contribution < -0.4 is 10.6 Å². The molecule has 2 N–H and O–H groups in total. The third-order valence-electron chi connectivity index (χ3n) is 7.90. The number of nitriles is 1. The van der Waals surface area contributed by atoms with Gasteiger partial charge in [-0.15, -0.1) is 0 Å². The maximum Gasteiger partial charge on any atom is 0.471 e. The average Bonchev–Trinajstić information content (AvgIpc) is 3.27. The van der Waals surface area contributed by atoms with Gasteiger partial charge in [-0.3, -0.25) is 19.1 Å². The minimum atomic E-state index is -5.15. The van der Waals surface area contributed by atoms with Gasteiger partial charge in [0, 0.05) is 24.3 Å². The van der Waals surface area contributed by atoms with Crippen LogP contribution in [0.2, 0.25) is 0 Å². The molecule has 1 saturated heterocycles. The second kappa shape index (κ2) is 8.49. The summed E-state index contributed by atoms with van der Waals surface area (Å²) < 4.78 is 40.8. The smallest absolute Gasteiger partial charge is 0.336 e. The predicted molar refractivity (Wildman–Crippen MR) is 121 cm³/mol. The third kappa shape index (κ3) is 4.33. The summed E-state index contributed by atoms with van der Waals surface area (Å²) in [7, 11) is 0. The van der Waals surface area contributed by atoms with Crippen molar-refractivity contribution in [1.29, 1.82) is 5.26 Å². The lowest BCUT2D eigenvalue weighted by Gasteiger charge is -2.37. The van der Waals surface area contributed by atoms with Gasteiger partial charge in [-0.2, -0.15) is 23.5 Å².